The Labute approximate surface area is 397 Å². The van der Waals surface area contributed by atoms with Crippen LogP contribution in [0.5, 0.6) is 0 Å². The molecule has 4 atom stereocenters. The molecule has 0 spiro atoms. The van der Waals surface area contributed by atoms with Crippen LogP contribution in [0.25, 0.3) is 0 Å². The summed E-state index contributed by atoms with van der Waals surface area (Å²) in [7, 11) is 5.17. The Morgan fingerprint density at radius 1 is 1.02 bits per heavy atom. The van der Waals surface area contributed by atoms with Crippen molar-refractivity contribution < 1.29 is 53.2 Å². The molecule has 8 N–H and O–H groups in total. The monoisotopic (exact) mass is 1020 g/mol. The van der Waals surface area contributed by atoms with Crippen molar-refractivity contribution in [3.05, 3.63) is 56.0 Å². The SMILES string of the molecule is CN(C)CCn1nnnc1SCC1=C(C(=O)O)N2C(=O)[C@@H](NC(=O)Cc3csc(N)n3)[C@H]2SC1.CO[C@@]1(NC(=O)Cc2cccs2)C(=O)N2C(C(=O)O)=C(COC(N)=O)CS[C@@H]21.Cl.Cl. The number of nitrogens with zero attached hydrogens (tertiary/aromatic N) is 8. The van der Waals surface area contributed by atoms with Gasteiger partial charge in [-0.1, -0.05) is 17.8 Å². The minimum Gasteiger partial charge on any atom is -0.477 e. The number of carbonyl (C=O) groups is 7. The van der Waals surface area contributed by atoms with E-state index in [4.69, 9.17) is 16.2 Å². The Balaban J connectivity index is 0.000000277. The highest BCUT2D eigenvalue weighted by atomic mass is 35.5. The largest absolute Gasteiger partial charge is 0.477 e. The number of aliphatic carboxylic acids is 2. The fourth-order valence-electron chi connectivity index (χ4n) is 6.51. The van der Waals surface area contributed by atoms with Crippen molar-refractivity contribution in [2.75, 3.05) is 57.3 Å². The number of thioether (sulfide) groups is 3. The van der Waals surface area contributed by atoms with Crippen LogP contribution in [-0.4, -0.2) is 166 Å². The molecule has 4 aliphatic heterocycles. The summed E-state index contributed by atoms with van der Waals surface area (Å²) in [6.07, 6.45) is -0.973. The lowest BCUT2D eigenvalue weighted by molar-refractivity contribution is -0.192. The number of primary amides is 1. The van der Waals surface area contributed by atoms with Crippen LogP contribution in [0.4, 0.5) is 9.93 Å². The summed E-state index contributed by atoms with van der Waals surface area (Å²) in [5, 5.41) is 39.6. The number of nitrogen functional groups attached to an aromatic ring is 1. The lowest BCUT2D eigenvalue weighted by Gasteiger charge is -2.55. The van der Waals surface area contributed by atoms with E-state index in [-0.39, 0.29) is 72.9 Å². The van der Waals surface area contributed by atoms with Gasteiger partial charge in [0, 0.05) is 46.7 Å². The predicted molar refractivity (Wildman–Crippen MR) is 241 cm³/mol. The summed E-state index contributed by atoms with van der Waals surface area (Å²) in [5.41, 5.74) is 9.89. The normalized spacial score (nSPS) is 20.9. The molecule has 0 bridgehead atoms. The Kier molecular flexibility index (Phi) is 18.2. The number of nitrogens with two attached hydrogens (primary N) is 2. The van der Waals surface area contributed by atoms with E-state index in [1.54, 1.807) is 16.1 Å². The first-order chi connectivity index (χ1) is 29.5. The maximum absolute atomic E-state index is 12.8. The second-order valence-corrected chi connectivity index (χ2v) is 18.8. The maximum atomic E-state index is 12.8. The lowest BCUT2D eigenvalue weighted by Crippen LogP contribution is -2.80. The van der Waals surface area contributed by atoms with Gasteiger partial charge in [-0.05, 0) is 41.5 Å². The van der Waals surface area contributed by atoms with Gasteiger partial charge in [0.25, 0.3) is 17.5 Å². The van der Waals surface area contributed by atoms with Gasteiger partial charge in [-0.15, -0.1) is 76.1 Å². The van der Waals surface area contributed by atoms with E-state index in [2.05, 4.69) is 35.9 Å². The zero-order valence-electron chi connectivity index (χ0n) is 33.9. The molecule has 348 valence electrons. The highest BCUT2D eigenvalue weighted by molar-refractivity contribution is 8.01. The second kappa shape index (κ2) is 22.5. The van der Waals surface area contributed by atoms with Gasteiger partial charge in [-0.3, -0.25) is 29.0 Å². The number of hydrogen-bond donors (Lipinski definition) is 6. The molecule has 4 aliphatic rings. The van der Waals surface area contributed by atoms with E-state index in [0.717, 1.165) is 16.3 Å². The van der Waals surface area contributed by atoms with Crippen molar-refractivity contribution in [3.63, 3.8) is 0 Å². The van der Waals surface area contributed by atoms with Crippen LogP contribution in [0, 0.1) is 0 Å². The molecule has 3 aromatic heterocycles. The molecule has 0 radical (unpaired) electrons. The van der Waals surface area contributed by atoms with E-state index in [1.807, 2.05) is 30.4 Å². The highest BCUT2D eigenvalue weighted by Crippen LogP contribution is 2.47. The first kappa shape index (κ1) is 51.9. The summed E-state index contributed by atoms with van der Waals surface area (Å²) >= 11 is 6.58. The zero-order valence-corrected chi connectivity index (χ0v) is 39.6. The third-order valence-corrected chi connectivity index (χ3v) is 14.7. The number of thiazole rings is 1. The van der Waals surface area contributed by atoms with Crippen molar-refractivity contribution in [1.82, 2.24) is 50.5 Å². The van der Waals surface area contributed by atoms with Gasteiger partial charge in [-0.2, -0.15) is 0 Å². The van der Waals surface area contributed by atoms with E-state index in [1.165, 1.54) is 70.0 Å². The van der Waals surface area contributed by atoms with E-state index in [0.29, 0.717) is 39.6 Å². The number of halogens is 2. The van der Waals surface area contributed by atoms with Gasteiger partial charge in [0.15, 0.2) is 5.13 Å². The topological polar surface area (TPSA) is 321 Å². The van der Waals surface area contributed by atoms with E-state index in [9.17, 15) is 43.8 Å². The molecule has 7 heterocycles. The average molecular weight is 1030 g/mol. The number of anilines is 1. The summed E-state index contributed by atoms with van der Waals surface area (Å²) in [6, 6.07) is 2.83. The fraction of sp³-hybridized carbons (Fsp3) is 0.441. The number of rotatable bonds is 17. The van der Waals surface area contributed by atoms with Crippen LogP contribution in [0.2, 0.25) is 0 Å². The lowest BCUT2D eigenvalue weighted by atomic mass is 9.98. The van der Waals surface area contributed by atoms with Gasteiger partial charge in [0.1, 0.15) is 34.8 Å². The van der Waals surface area contributed by atoms with E-state index < -0.39 is 58.3 Å². The summed E-state index contributed by atoms with van der Waals surface area (Å²) < 4.78 is 11.7. The number of fused-ring (bicyclic) bond motifs is 2. The van der Waals surface area contributed by atoms with Crippen LogP contribution in [0.15, 0.2) is 50.6 Å². The number of methoxy groups -OCH3 is 1. The van der Waals surface area contributed by atoms with Crippen LogP contribution in [0.3, 0.4) is 0 Å². The molecule has 7 rings (SSSR count). The molecular weight excluding hydrogens is 984 g/mol. The number of thiophene rings is 1. The number of amides is 5. The fourth-order valence-corrected chi connectivity index (χ4v) is 11.6. The molecule has 0 unspecified atom stereocenters. The highest BCUT2D eigenvalue weighted by Gasteiger charge is 2.66. The third-order valence-electron chi connectivity index (χ3n) is 9.37. The first-order valence-corrected chi connectivity index (χ1v) is 23.0. The summed E-state index contributed by atoms with van der Waals surface area (Å²) in [4.78, 5) is 94.1. The molecule has 0 saturated carbocycles. The van der Waals surface area contributed by atoms with Gasteiger partial charge < -0.3 is 46.7 Å². The van der Waals surface area contributed by atoms with Crippen LogP contribution < -0.4 is 22.1 Å². The minimum absolute atomic E-state index is 0. The Hall–Kier alpha value is -4.68. The molecule has 2 fully saturated rings. The number of β-lactam (4-membered cyclic amide) rings is 2. The quantitative estimate of drug-likeness (QED) is 0.0601. The van der Waals surface area contributed by atoms with Gasteiger partial charge in [-0.25, -0.2) is 24.0 Å². The predicted octanol–water partition coefficient (Wildman–Crippen LogP) is 0.289. The number of likely N-dealkylation sites (N-methyl/N-ethyl adjacent to an activating group) is 1. The molecular formula is C34H42Cl2N12O11S5. The Bertz CT molecular complexity index is 2310. The number of carbonyl (C=O) groups excluding carboxylic acids is 5. The van der Waals surface area contributed by atoms with Crippen molar-refractivity contribution in [1.29, 1.82) is 0 Å². The zero-order chi connectivity index (χ0) is 44.9. The van der Waals surface area contributed by atoms with Crippen molar-refractivity contribution in [2.24, 2.45) is 5.73 Å². The number of hydrogen-bond acceptors (Lipinski definition) is 20. The average Bonchev–Trinajstić information content (AvgIpc) is 4.01. The van der Waals surface area contributed by atoms with Crippen LogP contribution in [0.1, 0.15) is 10.6 Å². The molecule has 64 heavy (non-hydrogen) atoms. The molecule has 23 nitrogen and oxygen atoms in total. The number of tetrazole rings is 1. The number of carboxylic acid groups (broad SMARTS) is 2. The maximum Gasteiger partial charge on any atom is 0.404 e. The molecule has 0 aromatic carbocycles. The third kappa shape index (κ3) is 11.4. The summed E-state index contributed by atoms with van der Waals surface area (Å²) in [5.74, 6) is -3.56. The minimum atomic E-state index is -1.66. The number of ether oxygens (including phenoxy) is 2. The molecule has 5 amide bonds. The van der Waals surface area contributed by atoms with Crippen molar-refractivity contribution in [3.8, 4) is 0 Å². The number of aromatic nitrogens is 5. The van der Waals surface area contributed by atoms with Crippen LogP contribution in [-0.2, 0) is 57.6 Å². The Morgan fingerprint density at radius 2 is 1.72 bits per heavy atom. The number of carboxylic acids is 2. The molecule has 0 aliphatic carbocycles. The molecule has 2 saturated heterocycles. The smallest absolute Gasteiger partial charge is 0.404 e. The molecule has 30 heteroatoms. The van der Waals surface area contributed by atoms with Gasteiger partial charge in [0.05, 0.1) is 25.1 Å². The van der Waals surface area contributed by atoms with Crippen LogP contribution >= 0.6 is 82.8 Å². The van der Waals surface area contributed by atoms with Crippen molar-refractivity contribution in [2.45, 2.75) is 47.1 Å². The van der Waals surface area contributed by atoms with Gasteiger partial charge >= 0.3 is 18.0 Å². The van der Waals surface area contributed by atoms with Crippen molar-refractivity contribution >= 4 is 130 Å². The Morgan fingerprint density at radius 3 is 2.33 bits per heavy atom. The summed E-state index contributed by atoms with van der Waals surface area (Å²) in [6.45, 7) is 1.01. The van der Waals surface area contributed by atoms with Gasteiger partial charge in [0.2, 0.25) is 17.0 Å². The second-order valence-electron chi connectivity index (χ2n) is 13.8. The first-order valence-electron chi connectivity index (χ1n) is 18.2. The van der Waals surface area contributed by atoms with E-state index >= 15 is 0 Å². The molecule has 3 aromatic rings. The number of nitrogens with one attached hydrogen (secondary N) is 2. The standard InChI is InChI=1S/C18H23N9O4S3.C16H17N3O7S2.2ClH/c1-25(2)3-4-26-18(22-23-24-26)34-7-9-6-32-15-12(14(29)27(15)13(9)16(30)31)21-11(28)5-10-8-33-17(19)20-10;1-25-16(18-10(20)5-9-3-2-4-27-9)13(23)19-11(12(21)22)8(6-26-15(17)24)7-28-14(16)19;;/h8,12,15H,3-7H2,1-2H3,(H2,19,20)(H,21,28)(H,30,31);2-4,14H,5-7H2,1H3,(H2,17,24)(H,18,20)(H,21,22);2*1H/t12-,15-;14-,16+;;/m11../s1.